The minimum atomic E-state index is 0.747. The molecule has 0 saturated heterocycles. The standard InChI is InChI=1S/C14H16ClN2/c1-2-3-4-5-13-10-11-17(16-13)14-8-6-12(15)7-9-14/h6-11H,1-5H2. The Bertz CT molecular complexity index is 459. The topological polar surface area (TPSA) is 17.8 Å². The number of hydrogen-bond donors (Lipinski definition) is 0. The van der Waals surface area contributed by atoms with Gasteiger partial charge in [-0.25, -0.2) is 4.68 Å². The van der Waals surface area contributed by atoms with E-state index in [1.807, 2.05) is 35.1 Å². The van der Waals surface area contributed by atoms with Crippen LogP contribution in [0.2, 0.25) is 5.02 Å². The van der Waals surface area contributed by atoms with Crippen molar-refractivity contribution >= 4 is 11.6 Å². The van der Waals surface area contributed by atoms with E-state index in [-0.39, 0.29) is 0 Å². The van der Waals surface area contributed by atoms with Crippen LogP contribution in [0.1, 0.15) is 25.0 Å². The summed E-state index contributed by atoms with van der Waals surface area (Å²) in [4.78, 5) is 0. The van der Waals surface area contributed by atoms with Crippen molar-refractivity contribution in [3.63, 3.8) is 0 Å². The van der Waals surface area contributed by atoms with Crippen molar-refractivity contribution < 1.29 is 0 Å². The molecule has 0 amide bonds. The summed E-state index contributed by atoms with van der Waals surface area (Å²) in [6, 6.07) is 9.75. The minimum absolute atomic E-state index is 0.747. The molecule has 0 N–H and O–H groups in total. The molecule has 2 rings (SSSR count). The van der Waals surface area contributed by atoms with Gasteiger partial charge >= 0.3 is 0 Å². The highest BCUT2D eigenvalue weighted by Crippen LogP contribution is 2.13. The molecule has 3 heteroatoms. The van der Waals surface area contributed by atoms with Crippen LogP contribution >= 0.6 is 11.6 Å². The maximum atomic E-state index is 5.85. The lowest BCUT2D eigenvalue weighted by Crippen LogP contribution is -1.96. The van der Waals surface area contributed by atoms with Gasteiger partial charge in [0.05, 0.1) is 11.4 Å². The first-order valence-electron chi connectivity index (χ1n) is 5.89. The van der Waals surface area contributed by atoms with Gasteiger partial charge in [-0.1, -0.05) is 31.4 Å². The van der Waals surface area contributed by atoms with E-state index < -0.39 is 0 Å². The van der Waals surface area contributed by atoms with Gasteiger partial charge in [-0.15, -0.1) is 0 Å². The zero-order valence-corrected chi connectivity index (χ0v) is 10.5. The Morgan fingerprint density at radius 1 is 1.12 bits per heavy atom. The molecule has 0 aliphatic carbocycles. The Kier molecular flexibility index (Phi) is 4.21. The zero-order valence-electron chi connectivity index (χ0n) is 9.77. The molecule has 2 nitrogen and oxygen atoms in total. The molecule has 0 atom stereocenters. The molecule has 0 bridgehead atoms. The summed E-state index contributed by atoms with van der Waals surface area (Å²) in [6.45, 7) is 3.84. The minimum Gasteiger partial charge on any atom is -0.241 e. The lowest BCUT2D eigenvalue weighted by molar-refractivity contribution is 0.719. The quantitative estimate of drug-likeness (QED) is 0.729. The van der Waals surface area contributed by atoms with Crippen LogP contribution < -0.4 is 0 Å². The second-order valence-electron chi connectivity index (χ2n) is 4.04. The Balaban J connectivity index is 2.04. The average Bonchev–Trinajstić information content (AvgIpc) is 2.79. The van der Waals surface area contributed by atoms with Gasteiger partial charge in [0.1, 0.15) is 0 Å². The zero-order chi connectivity index (χ0) is 12.1. The largest absolute Gasteiger partial charge is 0.241 e. The van der Waals surface area contributed by atoms with Gasteiger partial charge in [-0.2, -0.15) is 5.10 Å². The van der Waals surface area contributed by atoms with Crippen LogP contribution in [0.3, 0.4) is 0 Å². The van der Waals surface area contributed by atoms with Gasteiger partial charge < -0.3 is 0 Å². The fourth-order valence-electron chi connectivity index (χ4n) is 1.72. The van der Waals surface area contributed by atoms with Crippen LogP contribution in [0, 0.1) is 6.92 Å². The number of benzene rings is 1. The van der Waals surface area contributed by atoms with Crippen LogP contribution in [0.15, 0.2) is 36.5 Å². The van der Waals surface area contributed by atoms with Gasteiger partial charge in [0.15, 0.2) is 0 Å². The van der Waals surface area contributed by atoms with E-state index in [0.29, 0.717) is 0 Å². The molecule has 0 aliphatic rings. The molecule has 0 spiro atoms. The van der Waals surface area contributed by atoms with Crippen molar-refractivity contribution in [2.75, 3.05) is 0 Å². The summed E-state index contributed by atoms with van der Waals surface area (Å²) in [6.07, 6.45) is 6.33. The highest BCUT2D eigenvalue weighted by Gasteiger charge is 2.01. The maximum Gasteiger partial charge on any atom is 0.0646 e. The van der Waals surface area contributed by atoms with Gasteiger partial charge in [-0.3, -0.25) is 0 Å². The van der Waals surface area contributed by atoms with E-state index in [1.165, 1.54) is 0 Å². The highest BCUT2D eigenvalue weighted by molar-refractivity contribution is 6.30. The van der Waals surface area contributed by atoms with Gasteiger partial charge in [0, 0.05) is 11.2 Å². The first-order valence-corrected chi connectivity index (χ1v) is 6.27. The number of hydrogen-bond acceptors (Lipinski definition) is 1. The molecule has 0 fully saturated rings. The third-order valence-corrected chi connectivity index (χ3v) is 2.92. The van der Waals surface area contributed by atoms with Crippen molar-refractivity contribution in [2.45, 2.75) is 25.7 Å². The summed E-state index contributed by atoms with van der Waals surface area (Å²) in [5, 5.41) is 5.28. The Morgan fingerprint density at radius 2 is 1.88 bits per heavy atom. The summed E-state index contributed by atoms with van der Waals surface area (Å²) in [7, 11) is 0. The molecule has 17 heavy (non-hydrogen) atoms. The van der Waals surface area contributed by atoms with Gasteiger partial charge in [0.2, 0.25) is 0 Å². The number of unbranched alkanes of at least 4 members (excludes halogenated alkanes) is 2. The van der Waals surface area contributed by atoms with E-state index in [4.69, 9.17) is 11.6 Å². The lowest BCUT2D eigenvalue weighted by Gasteiger charge is -2.01. The third-order valence-electron chi connectivity index (χ3n) is 2.67. The third kappa shape index (κ3) is 3.34. The fourth-order valence-corrected chi connectivity index (χ4v) is 1.84. The second kappa shape index (κ2) is 5.87. The number of halogens is 1. The Hall–Kier alpha value is -1.28. The van der Waals surface area contributed by atoms with Crippen molar-refractivity contribution in [1.82, 2.24) is 9.78 Å². The molecular formula is C14H16ClN2. The lowest BCUT2D eigenvalue weighted by atomic mass is 10.2. The summed E-state index contributed by atoms with van der Waals surface area (Å²) >= 11 is 5.85. The molecule has 1 heterocycles. The van der Waals surface area contributed by atoms with E-state index >= 15 is 0 Å². The van der Waals surface area contributed by atoms with E-state index in [2.05, 4.69) is 18.1 Å². The molecule has 0 unspecified atom stereocenters. The predicted octanol–water partition coefficient (Wildman–Crippen LogP) is 4.07. The van der Waals surface area contributed by atoms with Gasteiger partial charge in [-0.05, 0) is 43.2 Å². The van der Waals surface area contributed by atoms with Crippen molar-refractivity contribution in [2.24, 2.45) is 0 Å². The monoisotopic (exact) mass is 247 g/mol. The Labute approximate surface area is 107 Å². The number of rotatable bonds is 5. The number of aryl methyl sites for hydroxylation is 1. The van der Waals surface area contributed by atoms with Crippen LogP contribution in [-0.2, 0) is 6.42 Å². The maximum absolute atomic E-state index is 5.85. The first-order chi connectivity index (χ1) is 8.29. The van der Waals surface area contributed by atoms with Crippen molar-refractivity contribution in [3.8, 4) is 5.69 Å². The molecule has 2 aromatic rings. The molecule has 0 aliphatic heterocycles. The fraction of sp³-hybridized carbons (Fsp3) is 0.286. The van der Waals surface area contributed by atoms with Crippen LogP contribution in [0.4, 0.5) is 0 Å². The van der Waals surface area contributed by atoms with Crippen LogP contribution in [0.25, 0.3) is 5.69 Å². The molecule has 89 valence electrons. The Morgan fingerprint density at radius 3 is 2.59 bits per heavy atom. The first kappa shape index (κ1) is 12.2. The molecule has 0 saturated carbocycles. The number of aromatic nitrogens is 2. The van der Waals surface area contributed by atoms with Gasteiger partial charge in [0.25, 0.3) is 0 Å². The number of nitrogens with zero attached hydrogens (tertiary/aromatic N) is 2. The second-order valence-corrected chi connectivity index (χ2v) is 4.48. The molecule has 1 radical (unpaired) electrons. The SMILES string of the molecule is [CH2]CCCCc1ccn(-c2ccc(Cl)cc2)n1. The van der Waals surface area contributed by atoms with Crippen LogP contribution in [0.5, 0.6) is 0 Å². The average molecular weight is 248 g/mol. The molecular weight excluding hydrogens is 232 g/mol. The van der Waals surface area contributed by atoms with Crippen molar-refractivity contribution in [1.29, 1.82) is 0 Å². The summed E-state index contributed by atoms with van der Waals surface area (Å²) in [5.74, 6) is 0. The molecule has 1 aromatic carbocycles. The summed E-state index contributed by atoms with van der Waals surface area (Å²) < 4.78 is 1.88. The van der Waals surface area contributed by atoms with E-state index in [0.717, 1.165) is 42.1 Å². The smallest absolute Gasteiger partial charge is 0.0646 e. The van der Waals surface area contributed by atoms with E-state index in [1.54, 1.807) is 0 Å². The van der Waals surface area contributed by atoms with Crippen molar-refractivity contribution in [3.05, 3.63) is 54.2 Å². The highest BCUT2D eigenvalue weighted by atomic mass is 35.5. The normalized spacial score (nSPS) is 10.7. The summed E-state index contributed by atoms with van der Waals surface area (Å²) in [5.41, 5.74) is 2.17. The van der Waals surface area contributed by atoms with Crippen LogP contribution in [-0.4, -0.2) is 9.78 Å². The van der Waals surface area contributed by atoms with E-state index in [9.17, 15) is 0 Å². The predicted molar refractivity (Wildman–Crippen MR) is 71.5 cm³/mol. The molecule has 1 aromatic heterocycles.